The van der Waals surface area contributed by atoms with Crippen LogP contribution in [0.25, 0.3) is 11.4 Å². The Morgan fingerprint density at radius 2 is 1.60 bits per heavy atom. The molecular weight excluding hydrogens is 546 g/mol. The monoisotopic (exact) mass is 585 g/mol. The molecule has 4 saturated heterocycles. The number of anilines is 4. The Hall–Kier alpha value is -3.93. The fourth-order valence-electron chi connectivity index (χ4n) is 6.49. The van der Waals surface area contributed by atoms with Crippen LogP contribution in [0.2, 0.25) is 0 Å². The van der Waals surface area contributed by atoms with Crippen LogP contribution in [-0.4, -0.2) is 98.7 Å². The summed E-state index contributed by atoms with van der Waals surface area (Å²) >= 11 is 0. The fraction of sp³-hybridized carbons (Fsp3) is 0.469. The molecule has 226 valence electrons. The lowest BCUT2D eigenvalue weighted by Gasteiger charge is -2.36. The summed E-state index contributed by atoms with van der Waals surface area (Å²) in [5.41, 5.74) is 2.27. The molecule has 2 amide bonds. The number of aromatic nitrogens is 2. The highest BCUT2D eigenvalue weighted by atomic mass is 16.5. The van der Waals surface area contributed by atoms with Crippen LogP contribution in [0.15, 0.2) is 54.6 Å². The summed E-state index contributed by atoms with van der Waals surface area (Å²) in [4.78, 5) is 29.7. The smallest absolute Gasteiger partial charge is 0.323 e. The predicted molar refractivity (Wildman–Crippen MR) is 166 cm³/mol. The second kappa shape index (κ2) is 12.0. The number of morpholine rings is 2. The van der Waals surface area contributed by atoms with Gasteiger partial charge in [0.1, 0.15) is 24.0 Å². The highest BCUT2D eigenvalue weighted by Crippen LogP contribution is 2.38. The summed E-state index contributed by atoms with van der Waals surface area (Å²) < 4.78 is 17.4. The van der Waals surface area contributed by atoms with E-state index in [0.29, 0.717) is 41.9 Å². The molecule has 4 bridgehead atoms. The first-order valence-corrected chi connectivity index (χ1v) is 15.2. The molecule has 4 atom stereocenters. The van der Waals surface area contributed by atoms with E-state index in [1.54, 1.807) is 0 Å². The van der Waals surface area contributed by atoms with Crippen molar-refractivity contribution in [3.63, 3.8) is 0 Å². The van der Waals surface area contributed by atoms with Crippen LogP contribution in [0.5, 0.6) is 5.75 Å². The zero-order valence-electron chi connectivity index (χ0n) is 24.7. The predicted octanol–water partition coefficient (Wildman–Crippen LogP) is 4.07. The third-order valence-electron chi connectivity index (χ3n) is 8.72. The summed E-state index contributed by atoms with van der Waals surface area (Å²) in [5, 5.41) is 5.79. The average molecular weight is 586 g/mol. The first kappa shape index (κ1) is 27.9. The van der Waals surface area contributed by atoms with E-state index in [-0.39, 0.29) is 12.1 Å². The molecule has 2 aromatic carbocycles. The molecule has 2 N–H and O–H groups in total. The number of hydrogen-bond donors (Lipinski definition) is 2. The maximum Gasteiger partial charge on any atom is 0.323 e. The Morgan fingerprint density at radius 1 is 0.930 bits per heavy atom. The topological polar surface area (TPSA) is 104 Å². The molecule has 3 aromatic rings. The molecule has 7 rings (SSSR count). The lowest BCUT2D eigenvalue weighted by atomic mass is 10.2. The quantitative estimate of drug-likeness (QED) is 0.385. The Kier molecular flexibility index (Phi) is 7.77. The van der Waals surface area contributed by atoms with Crippen molar-refractivity contribution in [3.8, 4) is 17.1 Å². The van der Waals surface area contributed by atoms with Crippen LogP contribution in [-0.2, 0) is 9.47 Å². The molecule has 0 spiro atoms. The number of carbonyl (C=O) groups is 1. The number of urea groups is 1. The van der Waals surface area contributed by atoms with E-state index in [1.165, 1.54) is 0 Å². The van der Waals surface area contributed by atoms with E-state index in [2.05, 4.69) is 31.4 Å². The maximum absolute atomic E-state index is 12.7. The third-order valence-corrected chi connectivity index (χ3v) is 8.72. The van der Waals surface area contributed by atoms with Crippen molar-refractivity contribution >= 4 is 29.0 Å². The van der Waals surface area contributed by atoms with Crippen molar-refractivity contribution in [2.45, 2.75) is 43.5 Å². The summed E-state index contributed by atoms with van der Waals surface area (Å²) in [6, 6.07) is 18.0. The number of ether oxygens (including phenoxy) is 3. The van der Waals surface area contributed by atoms with Crippen LogP contribution < -0.4 is 25.2 Å². The minimum Gasteiger partial charge on any atom is -0.492 e. The van der Waals surface area contributed by atoms with Gasteiger partial charge in [-0.25, -0.2) is 14.8 Å². The maximum atomic E-state index is 12.7. The van der Waals surface area contributed by atoms with Gasteiger partial charge in [-0.2, -0.15) is 0 Å². The van der Waals surface area contributed by atoms with Crippen molar-refractivity contribution in [3.05, 3.63) is 54.6 Å². The number of nitrogens with one attached hydrogen (secondary N) is 2. The fourth-order valence-corrected chi connectivity index (χ4v) is 6.49. The zero-order chi connectivity index (χ0) is 29.3. The Labute approximate surface area is 252 Å². The van der Waals surface area contributed by atoms with Crippen molar-refractivity contribution in [1.82, 2.24) is 14.9 Å². The number of nitrogens with zero attached hydrogens (tertiary/aromatic N) is 5. The lowest BCUT2D eigenvalue weighted by molar-refractivity contribution is 0.0902. The van der Waals surface area contributed by atoms with Crippen molar-refractivity contribution in [1.29, 1.82) is 0 Å². The van der Waals surface area contributed by atoms with Crippen molar-refractivity contribution in [2.24, 2.45) is 0 Å². The molecule has 1 aromatic heterocycles. The Bertz CT molecular complexity index is 1420. The molecule has 2 unspecified atom stereocenters. The first-order valence-electron chi connectivity index (χ1n) is 15.2. The van der Waals surface area contributed by atoms with E-state index >= 15 is 0 Å². The standard InChI is InChI=1S/C32H39N7O4/c1-37(2)13-14-42-27-11-7-23(8-12-27)34-32(40)33-22-5-3-21(4-6-22)31-35-29(38-17-28-15-26(38)20-43-28)16-30(36-31)39-24-9-10-25(39)19-41-18-24/h3-8,11-12,16,24-26,28H,9-10,13-15,17-20H2,1-2H3,(H2,33,34,40)/t24?,25?,26-,28-/m1/s1. The van der Waals surface area contributed by atoms with Crippen LogP contribution in [0.1, 0.15) is 19.3 Å². The SMILES string of the molecule is CN(C)CCOc1ccc(NC(=O)Nc2ccc(-c3nc(N4C5CCC4COC5)cc(N4C[C@H]5C[C@@H]4CO5)n3)cc2)cc1. The van der Waals surface area contributed by atoms with E-state index in [1.807, 2.05) is 62.6 Å². The lowest BCUT2D eigenvalue weighted by Crippen LogP contribution is -2.46. The van der Waals surface area contributed by atoms with Gasteiger partial charge in [0.25, 0.3) is 0 Å². The molecule has 43 heavy (non-hydrogen) atoms. The molecule has 5 heterocycles. The van der Waals surface area contributed by atoms with Gasteiger partial charge in [-0.15, -0.1) is 0 Å². The van der Waals surface area contributed by atoms with Gasteiger partial charge in [0.2, 0.25) is 0 Å². The van der Waals surface area contributed by atoms with E-state index in [9.17, 15) is 4.79 Å². The molecule has 4 aliphatic rings. The number of carbonyl (C=O) groups excluding carboxylic acids is 1. The first-order chi connectivity index (χ1) is 21.0. The van der Waals surface area contributed by atoms with Gasteiger partial charge in [0, 0.05) is 36.1 Å². The summed E-state index contributed by atoms with van der Waals surface area (Å²) in [7, 11) is 4.01. The normalized spacial score (nSPS) is 24.1. The van der Waals surface area contributed by atoms with Gasteiger partial charge in [0.05, 0.1) is 44.1 Å². The van der Waals surface area contributed by atoms with Gasteiger partial charge >= 0.3 is 6.03 Å². The Morgan fingerprint density at radius 3 is 2.23 bits per heavy atom. The van der Waals surface area contributed by atoms with Gasteiger partial charge in [-0.3, -0.25) is 0 Å². The van der Waals surface area contributed by atoms with Crippen LogP contribution >= 0.6 is 0 Å². The van der Waals surface area contributed by atoms with Crippen molar-refractivity contribution in [2.75, 3.05) is 74.0 Å². The number of likely N-dealkylation sites (N-methyl/N-ethyl adjacent to an activating group) is 1. The van der Waals surface area contributed by atoms with E-state index in [0.717, 1.165) is 75.1 Å². The van der Waals surface area contributed by atoms with Gasteiger partial charge in [0.15, 0.2) is 5.82 Å². The van der Waals surface area contributed by atoms with Crippen LogP contribution in [0.4, 0.5) is 27.8 Å². The van der Waals surface area contributed by atoms with Gasteiger partial charge in [-0.05, 0) is 81.9 Å². The third kappa shape index (κ3) is 6.11. The summed E-state index contributed by atoms with van der Waals surface area (Å²) in [6.07, 6.45) is 3.58. The number of benzene rings is 2. The molecular formula is C32H39N7O4. The largest absolute Gasteiger partial charge is 0.492 e. The van der Waals surface area contributed by atoms with Crippen LogP contribution in [0.3, 0.4) is 0 Å². The molecule has 11 heteroatoms. The molecule has 0 aliphatic carbocycles. The average Bonchev–Trinajstić information content (AvgIpc) is 3.71. The molecule has 4 aliphatic heterocycles. The number of hydrogen-bond acceptors (Lipinski definition) is 9. The van der Waals surface area contributed by atoms with Gasteiger partial charge < -0.3 is 39.5 Å². The second-order valence-corrected chi connectivity index (χ2v) is 12.1. The van der Waals surface area contributed by atoms with Crippen LogP contribution in [0, 0.1) is 0 Å². The van der Waals surface area contributed by atoms with Crippen molar-refractivity contribution < 1.29 is 19.0 Å². The summed E-state index contributed by atoms with van der Waals surface area (Å²) in [5.74, 6) is 3.38. The molecule has 4 fully saturated rings. The molecule has 0 radical (unpaired) electrons. The number of rotatable bonds is 9. The zero-order valence-corrected chi connectivity index (χ0v) is 24.7. The minimum atomic E-state index is -0.316. The highest BCUT2D eigenvalue weighted by Gasteiger charge is 2.42. The second-order valence-electron chi connectivity index (χ2n) is 12.1. The van der Waals surface area contributed by atoms with E-state index < -0.39 is 0 Å². The summed E-state index contributed by atoms with van der Waals surface area (Å²) in [6.45, 7) is 4.54. The highest BCUT2D eigenvalue weighted by molar-refractivity contribution is 5.99. The number of amides is 2. The molecule has 11 nitrogen and oxygen atoms in total. The molecule has 0 saturated carbocycles. The van der Waals surface area contributed by atoms with E-state index in [4.69, 9.17) is 24.2 Å². The minimum absolute atomic E-state index is 0.280. The Balaban J connectivity index is 1.05. The number of fused-ring (bicyclic) bond motifs is 4. The van der Waals surface area contributed by atoms with Gasteiger partial charge in [-0.1, -0.05) is 0 Å².